The van der Waals surface area contributed by atoms with Crippen LogP contribution in [0.1, 0.15) is 94.3 Å². The Morgan fingerprint density at radius 1 is 0.733 bits per heavy atom. The van der Waals surface area contributed by atoms with Crippen molar-refractivity contribution in [1.82, 2.24) is 0 Å². The number of rotatable bonds is 5. The lowest BCUT2D eigenvalue weighted by molar-refractivity contribution is 0.399. The lowest BCUT2D eigenvalue weighted by atomic mass is 9.81. The topological polar surface area (TPSA) is 9.23 Å². The fourth-order valence-electron chi connectivity index (χ4n) is 8.28. The summed E-state index contributed by atoms with van der Waals surface area (Å²) in [5, 5.41) is 1.61. The molecule has 0 saturated carbocycles. The Labute approximate surface area is 273 Å². The molecule has 1 atom stereocenters. The first-order chi connectivity index (χ1) is 21.1. The third-order valence-corrected chi connectivity index (χ3v) is 14.4. The molecule has 0 N–H and O–H groups in total. The lowest BCUT2D eigenvalue weighted by Crippen LogP contribution is -2.37. The number of benzene rings is 4. The summed E-state index contributed by atoms with van der Waals surface area (Å²) < 4.78 is 6.38. The standard InChI is InChI=1S/C43H50OSi/c1-27-22-31-24-36(43(6,7)8)39(44-9)37(30-20-16-13-17-21-30)38(31)41(27)45(10,11)40-28(2)23-34-33(29-18-14-12-15-19-29)25-32(26-35(34)40)42(3,4)5/h12-21,23-26,40H,22H2,1-11H3. The molecular formula is C43H50OSi. The van der Waals surface area contributed by atoms with Crippen LogP contribution >= 0.6 is 0 Å². The average molecular weight is 611 g/mol. The third kappa shape index (κ3) is 5.26. The molecule has 0 heterocycles. The van der Waals surface area contributed by atoms with E-state index in [1.807, 2.05) is 7.11 Å². The minimum absolute atomic E-state index is 0.0333. The van der Waals surface area contributed by atoms with Crippen LogP contribution in [0.5, 0.6) is 5.75 Å². The zero-order chi connectivity index (χ0) is 32.5. The van der Waals surface area contributed by atoms with Crippen LogP contribution in [-0.4, -0.2) is 15.2 Å². The van der Waals surface area contributed by atoms with Crippen molar-refractivity contribution >= 4 is 19.3 Å². The summed E-state index contributed by atoms with van der Waals surface area (Å²) in [7, 11) is -0.322. The highest BCUT2D eigenvalue weighted by atomic mass is 28.3. The fraction of sp³-hybridized carbons (Fsp3) is 0.349. The molecule has 1 unspecified atom stereocenters. The van der Waals surface area contributed by atoms with Crippen LogP contribution in [0.25, 0.3) is 33.5 Å². The third-order valence-electron chi connectivity index (χ3n) is 10.2. The van der Waals surface area contributed by atoms with Gasteiger partial charge in [0.05, 0.1) is 15.2 Å². The zero-order valence-electron chi connectivity index (χ0n) is 29.3. The van der Waals surface area contributed by atoms with Crippen molar-refractivity contribution < 1.29 is 4.74 Å². The minimum atomic E-state index is -2.18. The minimum Gasteiger partial charge on any atom is -0.496 e. The number of hydrogen-bond donors (Lipinski definition) is 0. The highest BCUT2D eigenvalue weighted by Crippen LogP contribution is 2.56. The van der Waals surface area contributed by atoms with Gasteiger partial charge in [-0.2, -0.15) is 0 Å². The highest BCUT2D eigenvalue weighted by Gasteiger charge is 2.46. The van der Waals surface area contributed by atoms with Crippen molar-refractivity contribution in [1.29, 1.82) is 0 Å². The maximum atomic E-state index is 6.38. The Kier molecular flexibility index (Phi) is 7.68. The number of hydrogen-bond acceptors (Lipinski definition) is 1. The smallest absolute Gasteiger partial charge is 0.131 e. The highest BCUT2D eigenvalue weighted by molar-refractivity contribution is 6.96. The van der Waals surface area contributed by atoms with Gasteiger partial charge in [0.1, 0.15) is 5.75 Å². The molecule has 0 bridgehead atoms. The Balaban J connectivity index is 1.61. The van der Waals surface area contributed by atoms with E-state index in [1.165, 1.54) is 66.8 Å². The van der Waals surface area contributed by atoms with E-state index in [0.717, 1.165) is 12.2 Å². The van der Waals surface area contributed by atoms with Gasteiger partial charge in [0.15, 0.2) is 0 Å². The summed E-state index contributed by atoms with van der Waals surface area (Å²) in [6, 6.07) is 29.5. The first kappa shape index (κ1) is 31.4. The Morgan fingerprint density at radius 2 is 1.33 bits per heavy atom. The van der Waals surface area contributed by atoms with Crippen LogP contribution in [0.3, 0.4) is 0 Å². The van der Waals surface area contributed by atoms with E-state index >= 15 is 0 Å². The lowest BCUT2D eigenvalue weighted by Gasteiger charge is -2.37. The Hall–Kier alpha value is -3.62. The quantitative estimate of drug-likeness (QED) is 0.204. The molecule has 4 aromatic carbocycles. The van der Waals surface area contributed by atoms with E-state index in [1.54, 1.807) is 5.20 Å². The molecule has 0 aromatic heterocycles. The maximum absolute atomic E-state index is 6.38. The van der Waals surface area contributed by atoms with Gasteiger partial charge in [0, 0.05) is 16.7 Å². The molecule has 232 valence electrons. The molecule has 6 rings (SSSR count). The molecule has 0 radical (unpaired) electrons. The normalized spacial score (nSPS) is 16.5. The molecule has 45 heavy (non-hydrogen) atoms. The SMILES string of the molecule is COc1c(C(C)(C)C)cc2c(c1-c1ccccc1)C([Si](C)(C)C1C(C)=Cc3c(-c4ccccc4)cc(C(C)(C)C)cc31)=C(C)C2. The van der Waals surface area contributed by atoms with Gasteiger partial charge in [-0.25, -0.2) is 0 Å². The molecule has 0 fully saturated rings. The van der Waals surface area contributed by atoms with Gasteiger partial charge in [-0.3, -0.25) is 0 Å². The second-order valence-electron chi connectivity index (χ2n) is 16.0. The number of methoxy groups -OCH3 is 1. The van der Waals surface area contributed by atoms with E-state index in [-0.39, 0.29) is 10.8 Å². The molecular weight excluding hydrogens is 561 g/mol. The van der Waals surface area contributed by atoms with E-state index in [2.05, 4.69) is 153 Å². The van der Waals surface area contributed by atoms with Crippen LogP contribution in [0, 0.1) is 0 Å². The Bertz CT molecular complexity index is 1840. The van der Waals surface area contributed by atoms with Crippen molar-refractivity contribution in [2.75, 3.05) is 7.11 Å². The van der Waals surface area contributed by atoms with Gasteiger partial charge in [-0.05, 0) is 75.6 Å². The van der Waals surface area contributed by atoms with E-state index in [0.29, 0.717) is 5.54 Å². The second-order valence-corrected chi connectivity index (χ2v) is 20.5. The van der Waals surface area contributed by atoms with Crippen molar-refractivity contribution in [3.05, 3.63) is 123 Å². The van der Waals surface area contributed by atoms with Gasteiger partial charge in [-0.1, -0.05) is 156 Å². The average Bonchev–Trinajstić information content (AvgIpc) is 3.51. The molecule has 1 nitrogen and oxygen atoms in total. The van der Waals surface area contributed by atoms with Gasteiger partial charge in [-0.15, -0.1) is 0 Å². The van der Waals surface area contributed by atoms with Crippen molar-refractivity contribution in [3.8, 4) is 28.0 Å². The zero-order valence-corrected chi connectivity index (χ0v) is 30.3. The molecule has 2 aliphatic rings. The van der Waals surface area contributed by atoms with Gasteiger partial charge >= 0.3 is 0 Å². The fourth-order valence-corrected chi connectivity index (χ4v) is 12.9. The number of ether oxygens (including phenoxy) is 1. The summed E-state index contributed by atoms with van der Waals surface area (Å²) in [5.41, 5.74) is 17.2. The maximum Gasteiger partial charge on any atom is 0.131 e. The summed E-state index contributed by atoms with van der Waals surface area (Å²) in [6.07, 6.45) is 3.52. The van der Waals surface area contributed by atoms with Crippen LogP contribution in [0.4, 0.5) is 0 Å². The summed E-state index contributed by atoms with van der Waals surface area (Å²) in [6.45, 7) is 24.0. The molecule has 0 spiro atoms. The predicted octanol–water partition coefficient (Wildman–Crippen LogP) is 11.9. The van der Waals surface area contributed by atoms with Gasteiger partial charge in [0.2, 0.25) is 0 Å². The molecule has 0 saturated heterocycles. The summed E-state index contributed by atoms with van der Waals surface area (Å²) in [5.74, 6) is 1.03. The van der Waals surface area contributed by atoms with Crippen molar-refractivity contribution in [3.63, 3.8) is 0 Å². The second kappa shape index (κ2) is 11.0. The first-order valence-corrected chi connectivity index (χ1v) is 19.6. The summed E-state index contributed by atoms with van der Waals surface area (Å²) in [4.78, 5) is 0. The van der Waals surface area contributed by atoms with E-state index in [9.17, 15) is 0 Å². The number of fused-ring (bicyclic) bond motifs is 2. The molecule has 2 aliphatic carbocycles. The van der Waals surface area contributed by atoms with Gasteiger partial charge < -0.3 is 4.74 Å². The molecule has 4 aromatic rings. The Morgan fingerprint density at radius 3 is 1.89 bits per heavy atom. The summed E-state index contributed by atoms with van der Waals surface area (Å²) >= 11 is 0. The monoisotopic (exact) mass is 610 g/mol. The predicted molar refractivity (Wildman–Crippen MR) is 198 cm³/mol. The van der Waals surface area contributed by atoms with Crippen LogP contribution in [0.15, 0.2) is 90.0 Å². The molecule has 0 aliphatic heterocycles. The largest absolute Gasteiger partial charge is 0.496 e. The van der Waals surface area contributed by atoms with E-state index < -0.39 is 8.07 Å². The van der Waals surface area contributed by atoms with Crippen LogP contribution < -0.4 is 4.74 Å². The molecule has 0 amide bonds. The van der Waals surface area contributed by atoms with E-state index in [4.69, 9.17) is 4.74 Å². The first-order valence-electron chi connectivity index (χ1n) is 16.6. The van der Waals surface area contributed by atoms with Crippen molar-refractivity contribution in [2.24, 2.45) is 0 Å². The van der Waals surface area contributed by atoms with Crippen LogP contribution in [-0.2, 0) is 17.3 Å². The van der Waals surface area contributed by atoms with Crippen LogP contribution in [0.2, 0.25) is 13.1 Å². The van der Waals surface area contributed by atoms with Gasteiger partial charge in [0.25, 0.3) is 0 Å². The number of allylic oxidation sites excluding steroid dienone is 2. The van der Waals surface area contributed by atoms with Crippen molar-refractivity contribution in [2.45, 2.75) is 91.3 Å². The molecule has 2 heteroatoms.